The van der Waals surface area contributed by atoms with E-state index >= 15 is 0 Å². The number of allylic oxidation sites excluding steroid dienone is 2. The van der Waals surface area contributed by atoms with Crippen molar-refractivity contribution in [3.63, 3.8) is 0 Å². The molecule has 14 heteroatoms. The fourth-order valence-corrected chi connectivity index (χ4v) is 13.5. The van der Waals surface area contributed by atoms with Gasteiger partial charge in [-0.15, -0.1) is 0 Å². The SMILES string of the molecule is CC1(C)CC[C@]2(C(=O)O)[C@H](O)C[C@]3(C)C(=CC[C@H]4[C@@]5(C)CC[C@H](O[C@@H]6OC[C@H](O)[C@H](O[C@@H]7O[C@H](CO)[C@@H](O)[C@H](O)[C@H]7O)[C@H]6O)[C@@](C)(CO)[C@H]5CC[C@]43C)[C@@H]2C1. The minimum Gasteiger partial charge on any atom is -0.481 e. The van der Waals surface area contributed by atoms with Crippen molar-refractivity contribution >= 4 is 5.97 Å². The van der Waals surface area contributed by atoms with Crippen molar-refractivity contribution in [2.75, 3.05) is 19.8 Å². The van der Waals surface area contributed by atoms with E-state index in [2.05, 4.69) is 40.7 Å². The minimum atomic E-state index is -1.73. The van der Waals surface area contributed by atoms with Crippen molar-refractivity contribution in [2.45, 2.75) is 167 Å². The molecule has 0 bridgehead atoms. The molecule has 0 unspecified atom stereocenters. The summed E-state index contributed by atoms with van der Waals surface area (Å²) in [5.74, 6) is -0.945. The highest BCUT2D eigenvalue weighted by Gasteiger charge is 2.72. The topological polar surface area (TPSA) is 236 Å². The van der Waals surface area contributed by atoms with Gasteiger partial charge in [0.25, 0.3) is 0 Å². The van der Waals surface area contributed by atoms with E-state index in [9.17, 15) is 50.8 Å². The molecule has 0 radical (unpaired) electrons. The van der Waals surface area contributed by atoms with Gasteiger partial charge >= 0.3 is 5.97 Å². The second-order valence-corrected chi connectivity index (χ2v) is 20.2. The maximum atomic E-state index is 13.1. The number of carboxylic acid groups (broad SMARTS) is 1. The molecule has 0 aromatic carbocycles. The maximum Gasteiger partial charge on any atom is 0.312 e. The van der Waals surface area contributed by atoms with Crippen molar-refractivity contribution in [3.05, 3.63) is 11.6 Å². The molecule has 0 aromatic rings. The van der Waals surface area contributed by atoms with Gasteiger partial charge in [0.05, 0.1) is 32.0 Å². The number of aliphatic carboxylic acids is 1. The van der Waals surface area contributed by atoms with Gasteiger partial charge in [-0.2, -0.15) is 0 Å². The van der Waals surface area contributed by atoms with Gasteiger partial charge in [-0.3, -0.25) is 4.79 Å². The summed E-state index contributed by atoms with van der Waals surface area (Å²) in [6.45, 7) is 12.2. The monoisotopic (exact) mass is 782 g/mol. The summed E-state index contributed by atoms with van der Waals surface area (Å²) >= 11 is 0. The molecule has 19 atom stereocenters. The molecule has 2 saturated heterocycles. The quantitative estimate of drug-likeness (QED) is 0.132. The Bertz CT molecular complexity index is 1490. The highest BCUT2D eigenvalue weighted by atomic mass is 16.7. The Morgan fingerprint density at radius 3 is 2.18 bits per heavy atom. The summed E-state index contributed by atoms with van der Waals surface area (Å²) in [5.41, 5.74) is -1.68. The Hall–Kier alpha value is -1.27. The van der Waals surface area contributed by atoms with Crippen LogP contribution < -0.4 is 0 Å². The molecule has 314 valence electrons. The number of carbonyl (C=O) groups is 1. The Balaban J connectivity index is 1.12. The van der Waals surface area contributed by atoms with Gasteiger partial charge < -0.3 is 64.9 Å². The first-order valence-electron chi connectivity index (χ1n) is 20.5. The zero-order chi connectivity index (χ0) is 40.3. The van der Waals surface area contributed by atoms with E-state index in [0.717, 1.165) is 38.5 Å². The third-order valence-corrected chi connectivity index (χ3v) is 17.0. The van der Waals surface area contributed by atoms with Crippen molar-refractivity contribution in [3.8, 4) is 0 Å². The molecule has 55 heavy (non-hydrogen) atoms. The summed E-state index contributed by atoms with van der Waals surface area (Å²) < 4.78 is 23.6. The van der Waals surface area contributed by atoms with Gasteiger partial charge in [-0.1, -0.05) is 53.2 Å². The van der Waals surface area contributed by atoms with Crippen LogP contribution in [0, 0.1) is 50.2 Å². The molecule has 0 aromatic heterocycles. The van der Waals surface area contributed by atoms with Crippen molar-refractivity contribution in [1.82, 2.24) is 0 Å². The molecule has 5 aliphatic carbocycles. The lowest BCUT2D eigenvalue weighted by atomic mass is 9.33. The van der Waals surface area contributed by atoms with Gasteiger partial charge in [-0.25, -0.2) is 0 Å². The van der Waals surface area contributed by atoms with Crippen LogP contribution in [-0.2, 0) is 23.7 Å². The van der Waals surface area contributed by atoms with E-state index in [-0.39, 0.29) is 47.2 Å². The Labute approximate surface area is 323 Å². The summed E-state index contributed by atoms with van der Waals surface area (Å²) in [6.07, 6.45) is -6.60. The minimum absolute atomic E-state index is 0.00750. The van der Waals surface area contributed by atoms with Gasteiger partial charge in [0.1, 0.15) is 48.1 Å². The van der Waals surface area contributed by atoms with Gasteiger partial charge in [0.15, 0.2) is 12.6 Å². The van der Waals surface area contributed by atoms with E-state index in [1.54, 1.807) is 0 Å². The number of fused-ring (bicyclic) bond motifs is 7. The fourth-order valence-electron chi connectivity index (χ4n) is 13.5. The number of hydrogen-bond donors (Lipinski definition) is 9. The van der Waals surface area contributed by atoms with Crippen LogP contribution >= 0.6 is 0 Å². The molecular weight excluding hydrogens is 716 g/mol. The zero-order valence-corrected chi connectivity index (χ0v) is 33.2. The number of rotatable bonds is 7. The van der Waals surface area contributed by atoms with Crippen LogP contribution in [0.5, 0.6) is 0 Å². The van der Waals surface area contributed by atoms with E-state index in [1.165, 1.54) is 5.57 Å². The van der Waals surface area contributed by atoms with E-state index in [4.69, 9.17) is 18.9 Å². The van der Waals surface area contributed by atoms with Crippen LogP contribution in [-0.4, -0.2) is 139 Å². The second-order valence-electron chi connectivity index (χ2n) is 20.2. The van der Waals surface area contributed by atoms with Crippen molar-refractivity contribution in [2.24, 2.45) is 50.2 Å². The van der Waals surface area contributed by atoms with Crippen LogP contribution in [0.3, 0.4) is 0 Å². The van der Waals surface area contributed by atoms with Crippen molar-refractivity contribution in [1.29, 1.82) is 0 Å². The number of aliphatic hydroxyl groups is 8. The van der Waals surface area contributed by atoms with Gasteiger partial charge in [-0.05, 0) is 97.2 Å². The van der Waals surface area contributed by atoms with E-state index in [1.807, 2.05) is 6.92 Å². The molecular formula is C41H66O14. The molecule has 2 heterocycles. The molecule has 4 saturated carbocycles. The molecule has 2 aliphatic heterocycles. The summed E-state index contributed by atoms with van der Waals surface area (Å²) in [4.78, 5) is 13.1. The first-order chi connectivity index (χ1) is 25.6. The molecule has 7 rings (SSSR count). The van der Waals surface area contributed by atoms with Crippen molar-refractivity contribution < 1.29 is 69.7 Å². The van der Waals surface area contributed by atoms with Crippen LogP contribution in [0.15, 0.2) is 11.6 Å². The van der Waals surface area contributed by atoms with E-state index in [0.29, 0.717) is 19.3 Å². The van der Waals surface area contributed by atoms with Crippen LogP contribution in [0.1, 0.15) is 99.3 Å². The largest absolute Gasteiger partial charge is 0.481 e. The second kappa shape index (κ2) is 14.2. The third-order valence-electron chi connectivity index (χ3n) is 17.0. The third kappa shape index (κ3) is 6.05. The Morgan fingerprint density at radius 2 is 1.53 bits per heavy atom. The fraction of sp³-hybridized carbons (Fsp3) is 0.927. The summed E-state index contributed by atoms with van der Waals surface area (Å²) in [5, 5.41) is 96.8. The molecule has 6 fully saturated rings. The normalized spacial score (nSPS) is 54.9. The maximum absolute atomic E-state index is 13.1. The van der Waals surface area contributed by atoms with Crippen LogP contribution in [0.25, 0.3) is 0 Å². The number of aliphatic hydroxyl groups excluding tert-OH is 8. The highest BCUT2D eigenvalue weighted by Crippen LogP contribution is 2.76. The molecule has 0 amide bonds. The van der Waals surface area contributed by atoms with Crippen LogP contribution in [0.4, 0.5) is 0 Å². The van der Waals surface area contributed by atoms with E-state index < -0.39 is 96.3 Å². The molecule has 7 aliphatic rings. The molecule has 0 spiro atoms. The summed E-state index contributed by atoms with van der Waals surface area (Å²) in [7, 11) is 0. The number of ether oxygens (including phenoxy) is 4. The lowest BCUT2D eigenvalue weighted by molar-refractivity contribution is -0.358. The molecule has 14 nitrogen and oxygen atoms in total. The lowest BCUT2D eigenvalue weighted by Gasteiger charge is -2.71. The predicted octanol–water partition coefficient (Wildman–Crippen LogP) is 1.46. The Kier molecular flexibility index (Phi) is 10.8. The first-order valence-corrected chi connectivity index (χ1v) is 20.5. The number of carboxylic acids is 1. The van der Waals surface area contributed by atoms with Gasteiger partial charge in [0, 0.05) is 5.41 Å². The Morgan fingerprint density at radius 1 is 0.818 bits per heavy atom. The van der Waals surface area contributed by atoms with Gasteiger partial charge in [0.2, 0.25) is 0 Å². The highest BCUT2D eigenvalue weighted by molar-refractivity contribution is 5.77. The smallest absolute Gasteiger partial charge is 0.312 e. The first kappa shape index (κ1) is 41.9. The number of hydrogen-bond acceptors (Lipinski definition) is 13. The summed E-state index contributed by atoms with van der Waals surface area (Å²) in [6, 6.07) is 0. The average Bonchev–Trinajstić information content (AvgIpc) is 3.12. The predicted molar refractivity (Wildman–Crippen MR) is 195 cm³/mol. The lowest BCUT2D eigenvalue weighted by Crippen LogP contribution is -2.68. The average molecular weight is 783 g/mol. The zero-order valence-electron chi connectivity index (χ0n) is 33.2. The standard InChI is InChI=1S/C41H66O14/c1-36(2)13-14-41(35(50)51)21(15-36)20-7-8-25-37(3)11-10-27(38(4,19-43)24(37)9-12-39(25,5)40(20,6)16-26(41)45)54-33-31(49)32(22(44)18-52-33)55-34-30(48)29(47)28(46)23(17-42)53-34/h7,21-34,42-49H,8-19H2,1-6H3,(H,50,51)/t21-,22-,23+,24-,25-,26+,27-,28+,29-,30+,31+,32-,33-,34-,37-,38-,39+,40+,41+/m0/s1. The molecule has 9 N–H and O–H groups in total. The van der Waals surface area contributed by atoms with Crippen LogP contribution in [0.2, 0.25) is 0 Å².